The number of aromatic amines is 1. The van der Waals surface area contributed by atoms with Crippen molar-refractivity contribution in [2.45, 2.75) is 19.8 Å². The number of hydrogen-bond donors (Lipinski definition) is 2. The monoisotopic (exact) mass is 365 g/mol. The smallest absolute Gasteiger partial charge is 0.253 e. The van der Waals surface area contributed by atoms with Gasteiger partial charge in [-0.3, -0.25) is 4.79 Å². The van der Waals surface area contributed by atoms with E-state index in [4.69, 9.17) is 4.74 Å². The fourth-order valence-electron chi connectivity index (χ4n) is 3.20. The molecule has 3 rings (SSSR count). The molecule has 136 valence electrons. The lowest BCUT2D eigenvalue weighted by molar-refractivity contribution is 0.0957. The third-order valence-electron chi connectivity index (χ3n) is 4.52. The summed E-state index contributed by atoms with van der Waals surface area (Å²) in [6, 6.07) is 5.48. The molecule has 0 radical (unpaired) electrons. The van der Waals surface area contributed by atoms with Gasteiger partial charge in [-0.2, -0.15) is 0 Å². The van der Waals surface area contributed by atoms with E-state index in [-0.39, 0.29) is 18.2 Å². The SMILES string of the molecule is COc1ccc2[nH]c(C)c(C(=O)NCCS(=O)(=O)N3CCCC3)c2c1. The number of sulfonamides is 1. The maximum Gasteiger partial charge on any atom is 0.253 e. The average Bonchev–Trinajstić information content (AvgIpc) is 3.21. The zero-order valence-electron chi connectivity index (χ0n) is 14.5. The minimum Gasteiger partial charge on any atom is -0.497 e. The van der Waals surface area contributed by atoms with Crippen LogP contribution in [0.25, 0.3) is 10.9 Å². The maximum atomic E-state index is 12.6. The number of hydrogen-bond acceptors (Lipinski definition) is 4. The van der Waals surface area contributed by atoms with Gasteiger partial charge in [0.15, 0.2) is 0 Å². The number of aromatic nitrogens is 1. The highest BCUT2D eigenvalue weighted by molar-refractivity contribution is 7.89. The Hall–Kier alpha value is -2.06. The van der Waals surface area contributed by atoms with Gasteiger partial charge in [0, 0.05) is 36.2 Å². The number of methoxy groups -OCH3 is 1. The summed E-state index contributed by atoms with van der Waals surface area (Å²) in [7, 11) is -1.72. The van der Waals surface area contributed by atoms with Crippen molar-refractivity contribution in [3.63, 3.8) is 0 Å². The summed E-state index contributed by atoms with van der Waals surface area (Å²) in [5, 5.41) is 3.49. The zero-order chi connectivity index (χ0) is 18.0. The molecule has 0 spiro atoms. The Morgan fingerprint density at radius 3 is 2.72 bits per heavy atom. The van der Waals surface area contributed by atoms with Crippen LogP contribution >= 0.6 is 0 Å². The number of ether oxygens (including phenoxy) is 1. The van der Waals surface area contributed by atoms with Crippen molar-refractivity contribution in [1.82, 2.24) is 14.6 Å². The summed E-state index contributed by atoms with van der Waals surface area (Å²) < 4.78 is 31.2. The van der Waals surface area contributed by atoms with Crippen LogP contribution in [0.5, 0.6) is 5.75 Å². The number of carbonyl (C=O) groups is 1. The van der Waals surface area contributed by atoms with Gasteiger partial charge in [-0.1, -0.05) is 0 Å². The first-order valence-corrected chi connectivity index (χ1v) is 9.95. The molecule has 0 saturated carbocycles. The quantitative estimate of drug-likeness (QED) is 0.814. The number of H-pyrrole nitrogens is 1. The van der Waals surface area contributed by atoms with Crippen LogP contribution in [0.15, 0.2) is 18.2 Å². The second-order valence-corrected chi connectivity index (χ2v) is 8.30. The predicted molar refractivity (Wildman–Crippen MR) is 96.5 cm³/mol. The van der Waals surface area contributed by atoms with Crippen LogP contribution in [0, 0.1) is 6.92 Å². The number of aryl methyl sites for hydroxylation is 1. The Balaban J connectivity index is 1.71. The van der Waals surface area contributed by atoms with Gasteiger partial charge in [-0.15, -0.1) is 0 Å². The normalized spacial score (nSPS) is 15.6. The average molecular weight is 365 g/mol. The number of carbonyl (C=O) groups excluding carboxylic acids is 1. The minimum atomic E-state index is -3.30. The molecular weight excluding hydrogens is 342 g/mol. The van der Waals surface area contributed by atoms with Crippen LogP contribution in [-0.4, -0.2) is 56.1 Å². The molecule has 1 aliphatic rings. The van der Waals surface area contributed by atoms with E-state index >= 15 is 0 Å². The van der Waals surface area contributed by atoms with E-state index in [1.54, 1.807) is 13.2 Å². The summed E-state index contributed by atoms with van der Waals surface area (Å²) in [6.07, 6.45) is 1.81. The molecule has 0 bridgehead atoms. The highest BCUT2D eigenvalue weighted by atomic mass is 32.2. The van der Waals surface area contributed by atoms with E-state index in [1.165, 1.54) is 4.31 Å². The van der Waals surface area contributed by atoms with Crippen LogP contribution in [-0.2, 0) is 10.0 Å². The molecule has 25 heavy (non-hydrogen) atoms. The Labute approximate surface area is 147 Å². The zero-order valence-corrected chi connectivity index (χ0v) is 15.3. The number of rotatable bonds is 6. The molecule has 1 amide bonds. The summed E-state index contributed by atoms with van der Waals surface area (Å²) >= 11 is 0. The number of nitrogens with zero attached hydrogens (tertiary/aromatic N) is 1. The number of fused-ring (bicyclic) bond motifs is 1. The lowest BCUT2D eigenvalue weighted by Crippen LogP contribution is -2.36. The molecule has 2 N–H and O–H groups in total. The Morgan fingerprint density at radius 2 is 2.04 bits per heavy atom. The van der Waals surface area contributed by atoms with Crippen LogP contribution < -0.4 is 10.1 Å². The van der Waals surface area contributed by atoms with Gasteiger partial charge in [0.05, 0.1) is 18.4 Å². The second kappa shape index (κ2) is 7.05. The third kappa shape index (κ3) is 3.64. The molecule has 0 aliphatic carbocycles. The lowest BCUT2D eigenvalue weighted by Gasteiger charge is -2.15. The molecule has 1 saturated heterocycles. The molecule has 2 heterocycles. The Kier molecular flexibility index (Phi) is 5.01. The van der Waals surface area contributed by atoms with Crippen LogP contribution in [0.1, 0.15) is 28.9 Å². The summed E-state index contributed by atoms with van der Waals surface area (Å²) in [4.78, 5) is 15.7. The van der Waals surface area contributed by atoms with E-state index in [2.05, 4.69) is 10.3 Å². The van der Waals surface area contributed by atoms with Gasteiger partial charge >= 0.3 is 0 Å². The largest absolute Gasteiger partial charge is 0.497 e. The summed E-state index contributed by atoms with van der Waals surface area (Å²) in [6.45, 7) is 3.07. The molecule has 1 aromatic carbocycles. The minimum absolute atomic E-state index is 0.0799. The van der Waals surface area contributed by atoms with Gasteiger partial charge in [-0.05, 0) is 38.0 Å². The molecule has 1 fully saturated rings. The van der Waals surface area contributed by atoms with Crippen molar-refractivity contribution in [1.29, 1.82) is 0 Å². The van der Waals surface area contributed by atoms with Crippen molar-refractivity contribution < 1.29 is 17.9 Å². The van der Waals surface area contributed by atoms with E-state index in [1.807, 2.05) is 19.1 Å². The van der Waals surface area contributed by atoms with Crippen LogP contribution in [0.2, 0.25) is 0 Å². The predicted octanol–water partition coefficient (Wildman–Crippen LogP) is 1.64. The number of amides is 1. The van der Waals surface area contributed by atoms with Gasteiger partial charge in [0.25, 0.3) is 5.91 Å². The van der Waals surface area contributed by atoms with E-state index in [0.717, 1.165) is 29.4 Å². The van der Waals surface area contributed by atoms with Crippen LogP contribution in [0.3, 0.4) is 0 Å². The highest BCUT2D eigenvalue weighted by Crippen LogP contribution is 2.26. The fraction of sp³-hybridized carbons (Fsp3) is 0.471. The van der Waals surface area contributed by atoms with E-state index < -0.39 is 10.0 Å². The molecule has 1 aromatic heterocycles. The number of benzene rings is 1. The van der Waals surface area contributed by atoms with Gasteiger partial charge in [0.1, 0.15) is 5.75 Å². The molecular formula is C17H23N3O4S. The number of nitrogens with one attached hydrogen (secondary N) is 2. The molecule has 0 unspecified atom stereocenters. The van der Waals surface area contributed by atoms with Gasteiger partial charge < -0.3 is 15.0 Å². The molecule has 8 heteroatoms. The molecule has 0 atom stereocenters. The first-order chi connectivity index (χ1) is 11.9. The lowest BCUT2D eigenvalue weighted by atomic mass is 10.1. The molecule has 7 nitrogen and oxygen atoms in total. The maximum absolute atomic E-state index is 12.6. The highest BCUT2D eigenvalue weighted by Gasteiger charge is 2.25. The first kappa shape index (κ1) is 17.8. The third-order valence-corrected chi connectivity index (χ3v) is 6.40. The summed E-state index contributed by atoms with van der Waals surface area (Å²) in [5.74, 6) is 0.300. The van der Waals surface area contributed by atoms with Crippen molar-refractivity contribution in [2.75, 3.05) is 32.5 Å². The van der Waals surface area contributed by atoms with Crippen molar-refractivity contribution in [3.8, 4) is 5.75 Å². The van der Waals surface area contributed by atoms with Crippen molar-refractivity contribution in [2.24, 2.45) is 0 Å². The standard InChI is InChI=1S/C17H23N3O4S/c1-12-16(14-11-13(24-2)5-6-15(14)19-12)17(21)18-7-10-25(22,23)20-8-3-4-9-20/h5-6,11,19H,3-4,7-10H2,1-2H3,(H,18,21). The summed E-state index contributed by atoms with van der Waals surface area (Å²) in [5.41, 5.74) is 2.10. The fourth-order valence-corrected chi connectivity index (χ4v) is 4.64. The van der Waals surface area contributed by atoms with Crippen molar-refractivity contribution >= 4 is 26.8 Å². The van der Waals surface area contributed by atoms with E-state index in [9.17, 15) is 13.2 Å². The topological polar surface area (TPSA) is 91.5 Å². The van der Waals surface area contributed by atoms with Crippen LogP contribution in [0.4, 0.5) is 0 Å². The molecule has 1 aliphatic heterocycles. The molecule has 2 aromatic rings. The Morgan fingerprint density at radius 1 is 1.32 bits per heavy atom. The van der Waals surface area contributed by atoms with Gasteiger partial charge in [-0.25, -0.2) is 12.7 Å². The van der Waals surface area contributed by atoms with Crippen molar-refractivity contribution in [3.05, 3.63) is 29.5 Å². The van der Waals surface area contributed by atoms with E-state index in [0.29, 0.717) is 24.4 Å². The second-order valence-electron chi connectivity index (χ2n) is 6.21. The van der Waals surface area contributed by atoms with Gasteiger partial charge in [0.2, 0.25) is 10.0 Å². The first-order valence-electron chi connectivity index (χ1n) is 8.35. The Bertz CT molecular complexity index is 883.